The molecule has 0 aromatic rings. The number of nitrogens with zero attached hydrogens (tertiary/aromatic N) is 2. The van der Waals surface area contributed by atoms with Crippen LogP contribution in [0.1, 0.15) is 58.8 Å². The fourth-order valence-electron chi connectivity index (χ4n) is 3.59. The largest absolute Gasteiger partial charge is 0.393 e. The van der Waals surface area contributed by atoms with Crippen LogP contribution in [0.5, 0.6) is 0 Å². The van der Waals surface area contributed by atoms with Gasteiger partial charge in [0.15, 0.2) is 0 Å². The first-order chi connectivity index (χ1) is 9.91. The standard InChI is InChI=1S/C15H30N2O3S/c1-13-7-6-9-16(12-13)21(19,20)17-10-5-3-4-8-15(17)11-14(2)18/h13-15,18H,3-12H2,1-2H3. The zero-order valence-corrected chi connectivity index (χ0v) is 14.2. The van der Waals surface area contributed by atoms with E-state index in [4.69, 9.17) is 0 Å². The summed E-state index contributed by atoms with van der Waals surface area (Å²) in [6, 6.07) is -0.0465. The number of hydrogen-bond acceptors (Lipinski definition) is 3. The Kier molecular flexibility index (Phi) is 6.05. The van der Waals surface area contributed by atoms with E-state index in [-0.39, 0.29) is 6.04 Å². The van der Waals surface area contributed by atoms with Crippen molar-refractivity contribution in [3.8, 4) is 0 Å². The van der Waals surface area contributed by atoms with Crippen molar-refractivity contribution in [2.75, 3.05) is 19.6 Å². The zero-order chi connectivity index (χ0) is 15.5. The van der Waals surface area contributed by atoms with E-state index in [1.165, 1.54) is 0 Å². The topological polar surface area (TPSA) is 60.9 Å². The summed E-state index contributed by atoms with van der Waals surface area (Å²) in [6.07, 6.45) is 6.09. The van der Waals surface area contributed by atoms with Gasteiger partial charge in [0, 0.05) is 25.7 Å². The minimum absolute atomic E-state index is 0.0465. The lowest BCUT2D eigenvalue weighted by molar-refractivity contribution is 0.142. The van der Waals surface area contributed by atoms with E-state index in [1.54, 1.807) is 15.5 Å². The highest BCUT2D eigenvalue weighted by Gasteiger charge is 2.37. The molecule has 6 heteroatoms. The average molecular weight is 318 g/mol. The third-order valence-electron chi connectivity index (χ3n) is 4.68. The fraction of sp³-hybridized carbons (Fsp3) is 1.00. The minimum atomic E-state index is -3.38. The van der Waals surface area contributed by atoms with Crippen LogP contribution in [0.3, 0.4) is 0 Å². The van der Waals surface area contributed by atoms with E-state index in [2.05, 4.69) is 6.92 Å². The van der Waals surface area contributed by atoms with E-state index in [0.29, 0.717) is 32.0 Å². The lowest BCUT2D eigenvalue weighted by Gasteiger charge is -2.37. The summed E-state index contributed by atoms with van der Waals surface area (Å²) in [5, 5.41) is 9.70. The second-order valence-electron chi connectivity index (χ2n) is 6.81. The van der Waals surface area contributed by atoms with Gasteiger partial charge in [-0.25, -0.2) is 0 Å². The summed E-state index contributed by atoms with van der Waals surface area (Å²) in [5.41, 5.74) is 0. The molecular weight excluding hydrogens is 288 g/mol. The van der Waals surface area contributed by atoms with Gasteiger partial charge < -0.3 is 5.11 Å². The van der Waals surface area contributed by atoms with Gasteiger partial charge in [0.2, 0.25) is 0 Å². The molecule has 2 aliphatic heterocycles. The maximum absolute atomic E-state index is 13.0. The molecule has 2 saturated heterocycles. The monoisotopic (exact) mass is 318 g/mol. The van der Waals surface area contributed by atoms with Crippen molar-refractivity contribution in [2.45, 2.75) is 70.9 Å². The first-order valence-corrected chi connectivity index (χ1v) is 9.76. The molecule has 3 unspecified atom stereocenters. The Bertz CT molecular complexity index is 425. The van der Waals surface area contributed by atoms with E-state index in [0.717, 1.165) is 38.5 Å². The summed E-state index contributed by atoms with van der Waals surface area (Å²) in [4.78, 5) is 0. The van der Waals surface area contributed by atoms with Crippen molar-refractivity contribution in [1.82, 2.24) is 8.61 Å². The highest BCUT2D eigenvalue weighted by Crippen LogP contribution is 2.27. The van der Waals surface area contributed by atoms with Gasteiger partial charge >= 0.3 is 0 Å². The predicted octanol–water partition coefficient (Wildman–Crippen LogP) is 1.98. The first-order valence-electron chi connectivity index (χ1n) is 8.36. The molecule has 2 rings (SSSR count). The van der Waals surface area contributed by atoms with Crippen LogP contribution in [0.25, 0.3) is 0 Å². The van der Waals surface area contributed by atoms with Crippen LogP contribution in [0, 0.1) is 5.92 Å². The van der Waals surface area contributed by atoms with Crippen LogP contribution < -0.4 is 0 Å². The van der Waals surface area contributed by atoms with Crippen molar-refractivity contribution in [1.29, 1.82) is 0 Å². The SMILES string of the molecule is CC(O)CC1CCCCCN1S(=O)(=O)N1CCCC(C)C1. The molecule has 3 atom stereocenters. The van der Waals surface area contributed by atoms with Gasteiger partial charge in [-0.1, -0.05) is 19.8 Å². The quantitative estimate of drug-likeness (QED) is 0.862. The normalized spacial score (nSPS) is 31.8. The van der Waals surface area contributed by atoms with Gasteiger partial charge in [0.05, 0.1) is 6.10 Å². The second-order valence-corrected chi connectivity index (χ2v) is 8.69. The molecule has 2 aliphatic rings. The third kappa shape index (κ3) is 4.41. The van der Waals surface area contributed by atoms with Crippen molar-refractivity contribution >= 4 is 10.2 Å². The highest BCUT2D eigenvalue weighted by atomic mass is 32.2. The predicted molar refractivity (Wildman–Crippen MR) is 84.2 cm³/mol. The van der Waals surface area contributed by atoms with Crippen molar-refractivity contribution in [3.05, 3.63) is 0 Å². The Hall–Kier alpha value is -0.170. The van der Waals surface area contributed by atoms with Crippen LogP contribution in [0.4, 0.5) is 0 Å². The molecule has 0 amide bonds. The lowest BCUT2D eigenvalue weighted by Crippen LogP contribution is -2.51. The average Bonchev–Trinajstić information content (AvgIpc) is 2.64. The van der Waals surface area contributed by atoms with E-state index >= 15 is 0 Å². The number of piperidine rings is 1. The summed E-state index contributed by atoms with van der Waals surface area (Å²) in [7, 11) is -3.38. The molecule has 2 heterocycles. The van der Waals surface area contributed by atoms with Crippen LogP contribution in [0.15, 0.2) is 0 Å². The Morgan fingerprint density at radius 1 is 1.14 bits per heavy atom. The maximum Gasteiger partial charge on any atom is 0.282 e. The molecule has 0 aromatic heterocycles. The van der Waals surface area contributed by atoms with Crippen LogP contribution in [-0.2, 0) is 10.2 Å². The molecule has 0 saturated carbocycles. The smallest absolute Gasteiger partial charge is 0.282 e. The molecule has 0 radical (unpaired) electrons. The molecule has 2 fully saturated rings. The number of aliphatic hydroxyl groups is 1. The molecule has 124 valence electrons. The number of aliphatic hydroxyl groups excluding tert-OH is 1. The molecule has 5 nitrogen and oxygen atoms in total. The van der Waals surface area contributed by atoms with Crippen molar-refractivity contribution < 1.29 is 13.5 Å². The van der Waals surface area contributed by atoms with Crippen LogP contribution in [-0.4, -0.2) is 53.9 Å². The van der Waals surface area contributed by atoms with Gasteiger partial charge in [0.25, 0.3) is 10.2 Å². The number of hydrogen-bond donors (Lipinski definition) is 1. The van der Waals surface area contributed by atoms with E-state index in [1.807, 2.05) is 0 Å². The van der Waals surface area contributed by atoms with Gasteiger partial charge in [0.1, 0.15) is 0 Å². The van der Waals surface area contributed by atoms with Crippen molar-refractivity contribution in [2.24, 2.45) is 5.92 Å². The zero-order valence-electron chi connectivity index (χ0n) is 13.4. The summed E-state index contributed by atoms with van der Waals surface area (Å²) in [5.74, 6) is 0.440. The number of rotatable bonds is 4. The molecular formula is C15H30N2O3S. The summed E-state index contributed by atoms with van der Waals surface area (Å²) >= 11 is 0. The fourth-order valence-corrected chi connectivity index (χ4v) is 5.62. The molecule has 1 N–H and O–H groups in total. The Morgan fingerprint density at radius 3 is 2.57 bits per heavy atom. The third-order valence-corrected chi connectivity index (χ3v) is 6.74. The summed E-state index contributed by atoms with van der Waals surface area (Å²) < 4.78 is 29.4. The molecule has 0 aromatic carbocycles. The van der Waals surface area contributed by atoms with E-state index < -0.39 is 16.3 Å². The van der Waals surface area contributed by atoms with Gasteiger partial charge in [-0.3, -0.25) is 0 Å². The van der Waals surface area contributed by atoms with Crippen molar-refractivity contribution in [3.63, 3.8) is 0 Å². The summed E-state index contributed by atoms with van der Waals surface area (Å²) in [6.45, 7) is 5.76. The minimum Gasteiger partial charge on any atom is -0.393 e. The van der Waals surface area contributed by atoms with Gasteiger partial charge in [-0.15, -0.1) is 0 Å². The molecule has 0 aliphatic carbocycles. The second kappa shape index (κ2) is 7.40. The lowest BCUT2D eigenvalue weighted by atomic mass is 10.0. The Labute approximate surface area is 129 Å². The Balaban J connectivity index is 2.16. The molecule has 0 bridgehead atoms. The molecule has 21 heavy (non-hydrogen) atoms. The maximum atomic E-state index is 13.0. The van der Waals surface area contributed by atoms with Gasteiger partial charge in [-0.2, -0.15) is 17.0 Å². The van der Waals surface area contributed by atoms with Crippen LogP contribution in [0.2, 0.25) is 0 Å². The highest BCUT2D eigenvalue weighted by molar-refractivity contribution is 7.86. The first kappa shape index (κ1) is 17.2. The molecule has 0 spiro atoms. The van der Waals surface area contributed by atoms with E-state index in [9.17, 15) is 13.5 Å². The Morgan fingerprint density at radius 2 is 1.90 bits per heavy atom. The van der Waals surface area contributed by atoms with Crippen LogP contribution >= 0.6 is 0 Å². The van der Waals surface area contributed by atoms with Gasteiger partial charge in [-0.05, 0) is 44.9 Å².